The summed E-state index contributed by atoms with van der Waals surface area (Å²) >= 11 is 0. The monoisotopic (exact) mass is 442 g/mol. The molecule has 0 saturated carbocycles. The first-order valence-corrected chi connectivity index (χ1v) is 12.3. The average molecular weight is 443 g/mol. The van der Waals surface area contributed by atoms with Crippen molar-refractivity contribution in [2.24, 2.45) is 5.92 Å². The maximum Gasteiger partial charge on any atom is 0.257 e. The fourth-order valence-corrected chi connectivity index (χ4v) is 5.89. The van der Waals surface area contributed by atoms with Crippen molar-refractivity contribution in [2.75, 3.05) is 20.1 Å². The molecule has 2 aliphatic rings. The molecule has 1 aliphatic carbocycles. The van der Waals surface area contributed by atoms with Crippen LogP contribution >= 0.6 is 0 Å². The number of fused-ring (bicyclic) bond motifs is 1. The van der Waals surface area contributed by atoms with E-state index in [0.717, 1.165) is 32.4 Å². The maximum absolute atomic E-state index is 13.4. The molecule has 0 N–H and O–H groups in total. The van der Waals surface area contributed by atoms with E-state index in [-0.39, 0.29) is 11.9 Å². The molecule has 3 aromatic rings. The Hall–Kier alpha value is -2.85. The lowest BCUT2D eigenvalue weighted by Gasteiger charge is -2.42. The Morgan fingerprint density at radius 3 is 2.24 bits per heavy atom. The normalized spacial score (nSPS) is 18.2. The smallest absolute Gasteiger partial charge is 0.257 e. The summed E-state index contributed by atoms with van der Waals surface area (Å²) < 4.78 is 5.42. The summed E-state index contributed by atoms with van der Waals surface area (Å²) in [6.45, 7) is 4.09. The van der Waals surface area contributed by atoms with Crippen LogP contribution < -0.4 is 0 Å². The van der Waals surface area contributed by atoms with Crippen LogP contribution in [0, 0.1) is 12.8 Å². The highest BCUT2D eigenvalue weighted by Gasteiger charge is 2.35. The van der Waals surface area contributed by atoms with Crippen LogP contribution in [0.5, 0.6) is 0 Å². The number of likely N-dealkylation sites (tertiary alicyclic amines) is 1. The third-order valence-electron chi connectivity index (χ3n) is 7.86. The largest absolute Gasteiger partial charge is 0.469 e. The molecule has 1 amide bonds. The number of amides is 1. The Bertz CT molecular complexity index is 1060. The van der Waals surface area contributed by atoms with Gasteiger partial charge in [-0.15, -0.1) is 0 Å². The van der Waals surface area contributed by atoms with Crippen LogP contribution in [0.4, 0.5) is 0 Å². The van der Waals surface area contributed by atoms with E-state index in [1.165, 1.54) is 29.5 Å². The number of furan rings is 1. The standard InChI is InChI=1S/C29H34N2O2/c1-21-27(14-17-33-21)29(32)30(2)28(18-22-8-4-3-5-9-22)23-12-15-31(16-13-23)26-19-24-10-6-7-11-25(24)20-26/h3-11,14,17,23,26,28H,12-13,15-16,18-20H2,1-2H3/t28-/m1/s1. The van der Waals surface area contributed by atoms with Crippen LogP contribution in [0.2, 0.25) is 0 Å². The van der Waals surface area contributed by atoms with Gasteiger partial charge in [-0.25, -0.2) is 0 Å². The summed E-state index contributed by atoms with van der Waals surface area (Å²) in [6, 6.07) is 22.1. The van der Waals surface area contributed by atoms with E-state index >= 15 is 0 Å². The Labute approximate surface area is 197 Å². The molecule has 172 valence electrons. The molecule has 1 saturated heterocycles. The van der Waals surface area contributed by atoms with Gasteiger partial charge in [-0.2, -0.15) is 0 Å². The van der Waals surface area contributed by atoms with Gasteiger partial charge in [0.1, 0.15) is 5.76 Å². The lowest BCUT2D eigenvalue weighted by atomic mass is 9.84. The first kappa shape index (κ1) is 22.0. The molecule has 33 heavy (non-hydrogen) atoms. The first-order valence-electron chi connectivity index (χ1n) is 12.3. The van der Waals surface area contributed by atoms with Gasteiger partial charge < -0.3 is 9.32 Å². The molecular weight excluding hydrogens is 408 g/mol. The minimum absolute atomic E-state index is 0.0656. The number of carbonyl (C=O) groups excluding carboxylic acids is 1. The fraction of sp³-hybridized carbons (Fsp3) is 0.414. The molecular formula is C29H34N2O2. The number of nitrogens with zero attached hydrogens (tertiary/aromatic N) is 2. The summed E-state index contributed by atoms with van der Waals surface area (Å²) in [7, 11) is 1.97. The molecule has 0 bridgehead atoms. The SMILES string of the molecule is Cc1occc1C(=O)N(C)[C@H](Cc1ccccc1)C1CCN(C2Cc3ccccc3C2)CC1. The lowest BCUT2D eigenvalue weighted by Crippen LogP contribution is -2.49. The molecule has 1 aliphatic heterocycles. The van der Waals surface area contributed by atoms with Gasteiger partial charge in [0.25, 0.3) is 5.91 Å². The van der Waals surface area contributed by atoms with Crippen LogP contribution in [0.1, 0.15) is 45.7 Å². The zero-order valence-electron chi connectivity index (χ0n) is 19.7. The van der Waals surface area contributed by atoms with Crippen molar-refractivity contribution < 1.29 is 9.21 Å². The third-order valence-corrected chi connectivity index (χ3v) is 7.86. The van der Waals surface area contributed by atoms with E-state index in [1.54, 1.807) is 12.3 Å². The molecule has 4 heteroatoms. The van der Waals surface area contributed by atoms with Crippen molar-refractivity contribution in [1.82, 2.24) is 9.80 Å². The maximum atomic E-state index is 13.4. The summed E-state index contributed by atoms with van der Waals surface area (Å²) in [5.74, 6) is 1.25. The van der Waals surface area contributed by atoms with Gasteiger partial charge >= 0.3 is 0 Å². The van der Waals surface area contributed by atoms with Crippen LogP contribution in [0.15, 0.2) is 71.3 Å². The van der Waals surface area contributed by atoms with Crippen LogP contribution in [0.3, 0.4) is 0 Å². The second-order valence-electron chi connectivity index (χ2n) is 9.77. The molecule has 2 aromatic carbocycles. The number of carbonyl (C=O) groups is 1. The average Bonchev–Trinajstić information content (AvgIpc) is 3.48. The molecule has 0 radical (unpaired) electrons. The van der Waals surface area contributed by atoms with Gasteiger partial charge in [0.15, 0.2) is 0 Å². The molecule has 0 unspecified atom stereocenters. The van der Waals surface area contributed by atoms with Crippen molar-refractivity contribution in [3.63, 3.8) is 0 Å². The first-order chi connectivity index (χ1) is 16.1. The number of aryl methyl sites for hydroxylation is 1. The zero-order valence-corrected chi connectivity index (χ0v) is 19.7. The fourth-order valence-electron chi connectivity index (χ4n) is 5.89. The van der Waals surface area contributed by atoms with Gasteiger partial charge in [-0.05, 0) is 80.8 Å². The number of benzene rings is 2. The van der Waals surface area contributed by atoms with E-state index in [1.807, 2.05) is 18.9 Å². The molecule has 5 rings (SSSR count). The van der Waals surface area contributed by atoms with Crippen molar-refractivity contribution in [1.29, 1.82) is 0 Å². The van der Waals surface area contributed by atoms with E-state index in [4.69, 9.17) is 4.42 Å². The molecule has 1 atom stereocenters. The van der Waals surface area contributed by atoms with Gasteiger partial charge in [0.2, 0.25) is 0 Å². The van der Waals surface area contributed by atoms with Gasteiger partial charge in [0, 0.05) is 19.1 Å². The summed E-state index contributed by atoms with van der Waals surface area (Å²) in [4.78, 5) is 18.0. The van der Waals surface area contributed by atoms with Crippen LogP contribution in [-0.4, -0.2) is 47.9 Å². The Morgan fingerprint density at radius 1 is 1.00 bits per heavy atom. The predicted molar refractivity (Wildman–Crippen MR) is 131 cm³/mol. The number of piperidine rings is 1. The Morgan fingerprint density at radius 2 is 1.64 bits per heavy atom. The van der Waals surface area contributed by atoms with Crippen molar-refractivity contribution in [2.45, 2.75) is 51.1 Å². The number of likely N-dealkylation sites (N-methyl/N-ethyl adjacent to an activating group) is 1. The van der Waals surface area contributed by atoms with Gasteiger partial charge in [0.05, 0.1) is 11.8 Å². The van der Waals surface area contributed by atoms with Crippen LogP contribution in [-0.2, 0) is 19.3 Å². The van der Waals surface area contributed by atoms with E-state index in [2.05, 4.69) is 59.5 Å². The van der Waals surface area contributed by atoms with E-state index < -0.39 is 0 Å². The molecule has 1 fully saturated rings. The topological polar surface area (TPSA) is 36.7 Å². The molecule has 1 aromatic heterocycles. The molecule has 2 heterocycles. The molecule has 0 spiro atoms. The quantitative estimate of drug-likeness (QED) is 0.530. The summed E-state index contributed by atoms with van der Waals surface area (Å²) in [5, 5.41) is 0. The highest BCUT2D eigenvalue weighted by Crippen LogP contribution is 2.32. The van der Waals surface area contributed by atoms with Crippen molar-refractivity contribution in [3.05, 3.63) is 94.9 Å². The lowest BCUT2D eigenvalue weighted by molar-refractivity contribution is 0.0547. The highest BCUT2D eigenvalue weighted by molar-refractivity contribution is 5.95. The summed E-state index contributed by atoms with van der Waals surface area (Å²) in [5.41, 5.74) is 5.01. The number of rotatable bonds is 6. The second kappa shape index (κ2) is 9.56. The van der Waals surface area contributed by atoms with Gasteiger partial charge in [-0.1, -0.05) is 54.6 Å². The second-order valence-corrected chi connectivity index (χ2v) is 9.77. The van der Waals surface area contributed by atoms with E-state index in [0.29, 0.717) is 23.3 Å². The minimum atomic E-state index is 0.0656. The van der Waals surface area contributed by atoms with Crippen molar-refractivity contribution >= 4 is 5.91 Å². The summed E-state index contributed by atoms with van der Waals surface area (Å²) in [6.07, 6.45) is 7.11. The van der Waals surface area contributed by atoms with Gasteiger partial charge in [-0.3, -0.25) is 9.69 Å². The van der Waals surface area contributed by atoms with Crippen molar-refractivity contribution in [3.8, 4) is 0 Å². The van der Waals surface area contributed by atoms with Crippen LogP contribution in [0.25, 0.3) is 0 Å². The highest BCUT2D eigenvalue weighted by atomic mass is 16.3. The Kier molecular flexibility index (Phi) is 6.37. The predicted octanol–water partition coefficient (Wildman–Crippen LogP) is 5.15. The number of hydrogen-bond acceptors (Lipinski definition) is 3. The zero-order chi connectivity index (χ0) is 22.8. The minimum Gasteiger partial charge on any atom is -0.469 e. The molecule has 4 nitrogen and oxygen atoms in total. The van der Waals surface area contributed by atoms with E-state index in [9.17, 15) is 4.79 Å². The third kappa shape index (κ3) is 4.63. The Balaban J connectivity index is 1.29. The number of hydrogen-bond donors (Lipinski definition) is 0.